The lowest BCUT2D eigenvalue weighted by Crippen LogP contribution is -2.26. The number of anilines is 1. The van der Waals surface area contributed by atoms with E-state index in [1.54, 1.807) is 7.11 Å². The maximum atomic E-state index is 11.8. The lowest BCUT2D eigenvalue weighted by atomic mass is 10.4. The molecule has 0 aliphatic carbocycles. The standard InChI is InChI=1S/C10H12ClN3O2/c1-3-5-14-10(15)9(8(11)7-13-14)12-4-6-16-2/h1,7,12H,4-6H2,2H3. The van der Waals surface area contributed by atoms with Crippen LogP contribution in [0.3, 0.4) is 0 Å². The lowest BCUT2D eigenvalue weighted by molar-refractivity contribution is 0.210. The fourth-order valence-corrected chi connectivity index (χ4v) is 1.30. The van der Waals surface area contributed by atoms with Crippen LogP contribution in [0.15, 0.2) is 11.0 Å². The van der Waals surface area contributed by atoms with Crippen LogP contribution >= 0.6 is 11.6 Å². The molecule has 0 aromatic carbocycles. The van der Waals surface area contributed by atoms with E-state index in [-0.39, 0.29) is 17.1 Å². The summed E-state index contributed by atoms with van der Waals surface area (Å²) in [6.07, 6.45) is 6.50. The highest BCUT2D eigenvalue weighted by Gasteiger charge is 2.08. The fourth-order valence-electron chi connectivity index (χ4n) is 1.11. The maximum Gasteiger partial charge on any atom is 0.292 e. The molecule has 1 heterocycles. The zero-order valence-corrected chi connectivity index (χ0v) is 9.62. The van der Waals surface area contributed by atoms with Gasteiger partial charge in [0.25, 0.3) is 5.56 Å². The molecule has 1 N–H and O–H groups in total. The molecule has 6 heteroatoms. The number of hydrogen-bond acceptors (Lipinski definition) is 4. The normalized spacial score (nSPS) is 9.81. The number of terminal acetylenes is 1. The Labute approximate surface area is 98.4 Å². The Balaban J connectivity index is 2.93. The first-order valence-corrected chi connectivity index (χ1v) is 5.00. The largest absolute Gasteiger partial charge is 0.383 e. The van der Waals surface area contributed by atoms with E-state index in [0.29, 0.717) is 18.8 Å². The molecule has 0 atom stereocenters. The van der Waals surface area contributed by atoms with E-state index in [4.69, 9.17) is 22.8 Å². The van der Waals surface area contributed by atoms with Gasteiger partial charge in [-0.25, -0.2) is 4.68 Å². The minimum Gasteiger partial charge on any atom is -0.383 e. The van der Waals surface area contributed by atoms with Gasteiger partial charge in [-0.3, -0.25) is 4.79 Å². The van der Waals surface area contributed by atoms with Gasteiger partial charge >= 0.3 is 0 Å². The second kappa shape index (κ2) is 6.16. The van der Waals surface area contributed by atoms with Gasteiger partial charge in [-0.05, 0) is 0 Å². The molecule has 0 spiro atoms. The summed E-state index contributed by atoms with van der Waals surface area (Å²) in [4.78, 5) is 11.8. The van der Waals surface area contributed by atoms with Gasteiger partial charge in [-0.1, -0.05) is 17.5 Å². The van der Waals surface area contributed by atoms with Crippen LogP contribution in [-0.2, 0) is 11.3 Å². The number of aromatic nitrogens is 2. The van der Waals surface area contributed by atoms with E-state index in [1.165, 1.54) is 10.9 Å². The summed E-state index contributed by atoms with van der Waals surface area (Å²) in [5.41, 5.74) is -0.0366. The second-order valence-corrected chi connectivity index (χ2v) is 3.36. The quantitative estimate of drug-likeness (QED) is 0.606. The van der Waals surface area contributed by atoms with Crippen LogP contribution in [0, 0.1) is 12.3 Å². The molecule has 5 nitrogen and oxygen atoms in total. The van der Waals surface area contributed by atoms with Crippen molar-refractivity contribution in [1.29, 1.82) is 0 Å². The van der Waals surface area contributed by atoms with Gasteiger partial charge in [-0.15, -0.1) is 6.42 Å². The van der Waals surface area contributed by atoms with Crippen molar-refractivity contribution in [2.24, 2.45) is 0 Å². The van der Waals surface area contributed by atoms with Crippen LogP contribution in [0.2, 0.25) is 5.02 Å². The van der Waals surface area contributed by atoms with Gasteiger partial charge < -0.3 is 10.1 Å². The monoisotopic (exact) mass is 241 g/mol. The molecule has 1 rings (SSSR count). The Kier molecular flexibility index (Phi) is 4.83. The van der Waals surface area contributed by atoms with Crippen molar-refractivity contribution < 1.29 is 4.74 Å². The van der Waals surface area contributed by atoms with Crippen LogP contribution in [0.1, 0.15) is 0 Å². The number of hydrogen-bond donors (Lipinski definition) is 1. The Morgan fingerprint density at radius 2 is 2.50 bits per heavy atom. The average Bonchev–Trinajstić information content (AvgIpc) is 2.27. The zero-order chi connectivity index (χ0) is 12.0. The van der Waals surface area contributed by atoms with Crippen molar-refractivity contribution in [1.82, 2.24) is 9.78 Å². The highest BCUT2D eigenvalue weighted by Crippen LogP contribution is 2.14. The summed E-state index contributed by atoms with van der Waals surface area (Å²) in [6, 6.07) is 0. The van der Waals surface area contributed by atoms with Crippen LogP contribution in [0.4, 0.5) is 5.69 Å². The van der Waals surface area contributed by atoms with Crippen LogP contribution in [-0.4, -0.2) is 30.0 Å². The summed E-state index contributed by atoms with van der Waals surface area (Å²) in [7, 11) is 1.58. The number of nitrogens with one attached hydrogen (secondary N) is 1. The number of halogens is 1. The van der Waals surface area contributed by atoms with Crippen molar-refractivity contribution in [2.45, 2.75) is 6.54 Å². The first-order valence-electron chi connectivity index (χ1n) is 4.62. The van der Waals surface area contributed by atoms with Crippen molar-refractivity contribution in [2.75, 3.05) is 25.6 Å². The van der Waals surface area contributed by atoms with Gasteiger partial charge in [0, 0.05) is 13.7 Å². The second-order valence-electron chi connectivity index (χ2n) is 2.95. The van der Waals surface area contributed by atoms with Crippen LogP contribution < -0.4 is 10.9 Å². The maximum absolute atomic E-state index is 11.8. The molecule has 1 aromatic heterocycles. The molecule has 0 radical (unpaired) electrons. The summed E-state index contributed by atoms with van der Waals surface area (Å²) >= 11 is 5.85. The van der Waals surface area contributed by atoms with Crippen molar-refractivity contribution in [3.05, 3.63) is 21.6 Å². The highest BCUT2D eigenvalue weighted by molar-refractivity contribution is 6.32. The van der Waals surface area contributed by atoms with Crippen LogP contribution in [0.5, 0.6) is 0 Å². The van der Waals surface area contributed by atoms with Crippen molar-refractivity contribution in [3.63, 3.8) is 0 Å². The Morgan fingerprint density at radius 3 is 3.12 bits per heavy atom. The Morgan fingerprint density at radius 1 is 1.75 bits per heavy atom. The van der Waals surface area contributed by atoms with Gasteiger partial charge in [0.2, 0.25) is 0 Å². The van der Waals surface area contributed by atoms with Gasteiger partial charge in [0.05, 0.1) is 17.8 Å². The van der Waals surface area contributed by atoms with Crippen molar-refractivity contribution in [3.8, 4) is 12.3 Å². The molecule has 0 unspecified atom stereocenters. The molecule has 0 bridgehead atoms. The molecule has 1 aromatic rings. The van der Waals surface area contributed by atoms with E-state index < -0.39 is 0 Å². The smallest absolute Gasteiger partial charge is 0.292 e. The Bertz CT molecular complexity index is 450. The lowest BCUT2D eigenvalue weighted by Gasteiger charge is -2.08. The number of nitrogens with zero attached hydrogens (tertiary/aromatic N) is 2. The predicted molar refractivity (Wildman–Crippen MR) is 62.7 cm³/mol. The average molecular weight is 242 g/mol. The molecular formula is C10H12ClN3O2. The summed E-state index contributed by atoms with van der Waals surface area (Å²) in [5, 5.41) is 6.97. The fraction of sp³-hybridized carbons (Fsp3) is 0.400. The molecule has 0 amide bonds. The molecule has 0 saturated heterocycles. The zero-order valence-electron chi connectivity index (χ0n) is 8.86. The molecule has 16 heavy (non-hydrogen) atoms. The van der Waals surface area contributed by atoms with Gasteiger partial charge in [0.15, 0.2) is 0 Å². The van der Waals surface area contributed by atoms with Gasteiger partial charge in [-0.2, -0.15) is 5.10 Å². The van der Waals surface area contributed by atoms with Crippen LogP contribution in [0.25, 0.3) is 0 Å². The van der Waals surface area contributed by atoms with E-state index in [1.807, 2.05) is 0 Å². The number of rotatable bonds is 5. The molecule has 0 aliphatic rings. The molecule has 0 saturated carbocycles. The van der Waals surface area contributed by atoms with E-state index in [9.17, 15) is 4.79 Å². The Hall–Kier alpha value is -1.51. The minimum absolute atomic E-state index is 0.120. The van der Waals surface area contributed by atoms with E-state index >= 15 is 0 Å². The molecular weight excluding hydrogens is 230 g/mol. The highest BCUT2D eigenvalue weighted by atomic mass is 35.5. The van der Waals surface area contributed by atoms with Crippen molar-refractivity contribution >= 4 is 17.3 Å². The SMILES string of the molecule is C#CCn1ncc(Cl)c(NCCOC)c1=O. The van der Waals surface area contributed by atoms with Gasteiger partial charge in [0.1, 0.15) is 12.2 Å². The third kappa shape index (κ3) is 2.99. The third-order valence-corrected chi connectivity index (χ3v) is 2.13. The number of methoxy groups -OCH3 is 1. The summed E-state index contributed by atoms with van der Waals surface area (Å²) < 4.78 is 6.03. The summed E-state index contributed by atoms with van der Waals surface area (Å²) in [6.45, 7) is 1.09. The molecule has 0 aliphatic heterocycles. The third-order valence-electron chi connectivity index (χ3n) is 1.85. The minimum atomic E-state index is -0.332. The first-order chi connectivity index (χ1) is 7.70. The topological polar surface area (TPSA) is 56.1 Å². The van der Waals surface area contributed by atoms with E-state index in [0.717, 1.165) is 0 Å². The molecule has 0 fully saturated rings. The first kappa shape index (κ1) is 12.6. The predicted octanol–water partition coefficient (Wildman–Crippen LogP) is 0.588. The molecule has 86 valence electrons. The summed E-state index contributed by atoms with van der Waals surface area (Å²) in [5.74, 6) is 2.34. The van der Waals surface area contributed by atoms with E-state index in [2.05, 4.69) is 16.3 Å². The number of ether oxygens (including phenoxy) is 1.